The van der Waals surface area contributed by atoms with Gasteiger partial charge in [0.05, 0.1) is 5.92 Å². The van der Waals surface area contributed by atoms with Crippen LogP contribution in [0.5, 0.6) is 0 Å². The third-order valence-corrected chi connectivity index (χ3v) is 5.72. The summed E-state index contributed by atoms with van der Waals surface area (Å²) >= 11 is 0. The van der Waals surface area contributed by atoms with Crippen LogP contribution in [-0.4, -0.2) is 57.1 Å². The third kappa shape index (κ3) is 8.55. The lowest BCUT2D eigenvalue weighted by molar-refractivity contribution is -0.149. The molecule has 0 bridgehead atoms. The fraction of sp³-hybridized carbons (Fsp3) is 0.762. The van der Waals surface area contributed by atoms with Gasteiger partial charge in [-0.25, -0.2) is 9.59 Å². The molecule has 1 rings (SSSR count). The average Bonchev–Trinajstić information content (AvgIpc) is 2.72. The molecule has 2 amide bonds. The quantitative estimate of drug-likeness (QED) is 0.286. The molecule has 5 N–H and O–H groups in total. The zero-order chi connectivity index (χ0) is 23.6. The van der Waals surface area contributed by atoms with Crippen LogP contribution >= 0.6 is 0 Å². The van der Waals surface area contributed by atoms with Crippen molar-refractivity contribution < 1.29 is 39.3 Å². The number of carboxylic acids is 3. The molecule has 10 nitrogen and oxygen atoms in total. The lowest BCUT2D eigenvalue weighted by atomic mass is 9.74. The van der Waals surface area contributed by atoms with E-state index in [0.29, 0.717) is 12.8 Å². The second kappa shape index (κ2) is 12.9. The molecule has 0 spiro atoms. The van der Waals surface area contributed by atoms with Crippen LogP contribution in [-0.2, 0) is 24.0 Å². The van der Waals surface area contributed by atoms with Gasteiger partial charge in [0.25, 0.3) is 0 Å². The summed E-state index contributed by atoms with van der Waals surface area (Å²) in [7, 11) is 0. The topological polar surface area (TPSA) is 170 Å². The van der Waals surface area contributed by atoms with Crippen LogP contribution in [0.3, 0.4) is 0 Å². The van der Waals surface area contributed by atoms with Crippen LogP contribution < -0.4 is 10.6 Å². The fourth-order valence-electron chi connectivity index (χ4n) is 3.86. The zero-order valence-electron chi connectivity index (χ0n) is 18.1. The van der Waals surface area contributed by atoms with Crippen molar-refractivity contribution >= 4 is 29.7 Å². The molecule has 1 fully saturated rings. The van der Waals surface area contributed by atoms with Crippen molar-refractivity contribution in [3.8, 4) is 0 Å². The van der Waals surface area contributed by atoms with E-state index in [1.54, 1.807) is 0 Å². The molecule has 0 unspecified atom stereocenters. The van der Waals surface area contributed by atoms with Crippen molar-refractivity contribution in [3.63, 3.8) is 0 Å². The first kappa shape index (κ1) is 26.4. The second-order valence-electron chi connectivity index (χ2n) is 8.22. The van der Waals surface area contributed by atoms with E-state index in [1.807, 2.05) is 13.8 Å². The Morgan fingerprint density at radius 2 is 1.06 bits per heavy atom. The van der Waals surface area contributed by atoms with E-state index >= 15 is 0 Å². The molecule has 0 radical (unpaired) electrons. The van der Waals surface area contributed by atoms with Gasteiger partial charge in [0, 0.05) is 11.8 Å². The number of aliphatic carboxylic acids is 3. The van der Waals surface area contributed by atoms with Crippen molar-refractivity contribution in [1.82, 2.24) is 10.6 Å². The van der Waals surface area contributed by atoms with Gasteiger partial charge >= 0.3 is 17.9 Å². The maximum Gasteiger partial charge on any atom is 0.326 e. The van der Waals surface area contributed by atoms with E-state index in [-0.39, 0.29) is 32.1 Å². The van der Waals surface area contributed by atoms with Crippen LogP contribution in [0.15, 0.2) is 0 Å². The molecule has 1 aliphatic rings. The first-order valence-electron chi connectivity index (χ1n) is 10.9. The molecule has 0 heterocycles. The van der Waals surface area contributed by atoms with Crippen LogP contribution in [0.25, 0.3) is 0 Å². The predicted molar refractivity (Wildman–Crippen MR) is 110 cm³/mol. The Morgan fingerprint density at radius 3 is 1.35 bits per heavy atom. The first-order valence-corrected chi connectivity index (χ1v) is 10.9. The molecular formula is C21H34N2O8. The van der Waals surface area contributed by atoms with Crippen molar-refractivity contribution in [2.75, 3.05) is 0 Å². The van der Waals surface area contributed by atoms with Crippen molar-refractivity contribution in [2.45, 2.75) is 83.7 Å². The summed E-state index contributed by atoms with van der Waals surface area (Å²) in [5.74, 6) is -7.28. The number of carbonyl (C=O) groups is 5. The Kier molecular flexibility index (Phi) is 11.0. The summed E-state index contributed by atoms with van der Waals surface area (Å²) in [6, 6.07) is -2.15. The van der Waals surface area contributed by atoms with E-state index in [2.05, 4.69) is 10.6 Å². The normalized spacial score (nSPS) is 22.7. The lowest BCUT2D eigenvalue weighted by Crippen LogP contribution is -2.49. The highest BCUT2D eigenvalue weighted by Gasteiger charge is 2.40. The highest BCUT2D eigenvalue weighted by Crippen LogP contribution is 2.34. The van der Waals surface area contributed by atoms with Crippen molar-refractivity contribution in [3.05, 3.63) is 0 Å². The van der Waals surface area contributed by atoms with E-state index in [0.717, 1.165) is 12.8 Å². The number of carbonyl (C=O) groups excluding carboxylic acids is 2. The molecule has 0 aromatic heterocycles. The largest absolute Gasteiger partial charge is 0.481 e. The maximum atomic E-state index is 12.7. The molecule has 31 heavy (non-hydrogen) atoms. The van der Waals surface area contributed by atoms with Gasteiger partial charge in [-0.2, -0.15) is 0 Å². The standard InChI is InChI=1S/C21H34N2O8/c1-3-5-7-15(20(28)29)22-17(24)12-9-13(11-14(10-12)19(26)27)18(25)23-16(21(30)31)8-6-4-2/h12-16H,3-11H2,1-2H3,(H,22,24)(H,23,25)(H,26,27)(H,28,29)(H,30,31)/t12-,13+,14-,15-,16-/m0/s1. The van der Waals surface area contributed by atoms with E-state index in [1.165, 1.54) is 0 Å². The molecule has 1 aliphatic carbocycles. The van der Waals surface area contributed by atoms with Gasteiger partial charge in [0.2, 0.25) is 11.8 Å². The average molecular weight is 443 g/mol. The Hall–Kier alpha value is -2.65. The van der Waals surface area contributed by atoms with Gasteiger partial charge in [0.1, 0.15) is 12.1 Å². The summed E-state index contributed by atoms with van der Waals surface area (Å²) < 4.78 is 0. The highest BCUT2D eigenvalue weighted by atomic mass is 16.4. The number of amides is 2. The molecule has 0 aromatic carbocycles. The number of rotatable bonds is 13. The minimum absolute atomic E-state index is 0.00323. The van der Waals surface area contributed by atoms with E-state index in [9.17, 15) is 39.3 Å². The molecule has 176 valence electrons. The number of unbranched alkanes of at least 4 members (excludes halogenated alkanes) is 2. The monoisotopic (exact) mass is 442 g/mol. The first-order chi connectivity index (χ1) is 14.6. The Labute approximate surface area is 181 Å². The van der Waals surface area contributed by atoms with Gasteiger partial charge in [-0.1, -0.05) is 39.5 Å². The molecule has 0 aliphatic heterocycles. The van der Waals surface area contributed by atoms with Gasteiger partial charge in [-0.3, -0.25) is 14.4 Å². The van der Waals surface area contributed by atoms with Gasteiger partial charge in [0.15, 0.2) is 0 Å². The van der Waals surface area contributed by atoms with Gasteiger partial charge < -0.3 is 26.0 Å². The summed E-state index contributed by atoms with van der Waals surface area (Å²) in [4.78, 5) is 59.8. The van der Waals surface area contributed by atoms with Gasteiger partial charge in [-0.05, 0) is 32.1 Å². The molecule has 10 heteroatoms. The molecule has 5 atom stereocenters. The molecule has 0 aromatic rings. The Morgan fingerprint density at radius 1 is 0.710 bits per heavy atom. The van der Waals surface area contributed by atoms with Crippen molar-refractivity contribution in [2.24, 2.45) is 17.8 Å². The molecule has 0 saturated heterocycles. The lowest BCUT2D eigenvalue weighted by Gasteiger charge is -2.32. The SMILES string of the molecule is CCCC[C@H](NC(=O)[C@@H]1C[C@H](C(=O)O)C[C@H](C(=O)N[C@@H](CCCC)C(=O)O)C1)C(=O)O. The summed E-state index contributed by atoms with van der Waals surface area (Å²) in [5.41, 5.74) is 0. The highest BCUT2D eigenvalue weighted by molar-refractivity contribution is 5.88. The number of hydrogen-bond acceptors (Lipinski definition) is 5. The maximum absolute atomic E-state index is 12.7. The van der Waals surface area contributed by atoms with Crippen LogP contribution in [0.1, 0.15) is 71.6 Å². The smallest absolute Gasteiger partial charge is 0.326 e. The second-order valence-corrected chi connectivity index (χ2v) is 8.22. The third-order valence-electron chi connectivity index (χ3n) is 5.72. The minimum Gasteiger partial charge on any atom is -0.481 e. The van der Waals surface area contributed by atoms with E-state index < -0.39 is 59.6 Å². The number of carboxylic acid groups (broad SMARTS) is 3. The van der Waals surface area contributed by atoms with Crippen LogP contribution in [0, 0.1) is 17.8 Å². The Balaban J connectivity index is 2.90. The molecular weight excluding hydrogens is 408 g/mol. The summed E-state index contributed by atoms with van der Waals surface area (Å²) in [6.07, 6.45) is 3.30. The minimum atomic E-state index is -1.16. The van der Waals surface area contributed by atoms with Gasteiger partial charge in [-0.15, -0.1) is 0 Å². The summed E-state index contributed by atoms with van der Waals surface area (Å²) in [6.45, 7) is 3.79. The van der Waals surface area contributed by atoms with E-state index in [4.69, 9.17) is 0 Å². The predicted octanol–water partition coefficient (Wildman–Crippen LogP) is 1.62. The number of hydrogen-bond donors (Lipinski definition) is 5. The fourth-order valence-corrected chi connectivity index (χ4v) is 3.86. The van der Waals surface area contributed by atoms with Crippen LogP contribution in [0.4, 0.5) is 0 Å². The van der Waals surface area contributed by atoms with Crippen LogP contribution in [0.2, 0.25) is 0 Å². The number of nitrogens with one attached hydrogen (secondary N) is 2. The summed E-state index contributed by atoms with van der Waals surface area (Å²) in [5, 5.41) is 33.0. The molecule has 1 saturated carbocycles. The van der Waals surface area contributed by atoms with Crippen molar-refractivity contribution in [1.29, 1.82) is 0 Å². The zero-order valence-corrected chi connectivity index (χ0v) is 18.1. The Bertz CT molecular complexity index is 618.